The van der Waals surface area contributed by atoms with Crippen LogP contribution in [0.1, 0.15) is 0 Å². The summed E-state index contributed by atoms with van der Waals surface area (Å²) in [6.07, 6.45) is 0. The van der Waals surface area contributed by atoms with Gasteiger partial charge in [-0.2, -0.15) is 18.2 Å². The summed E-state index contributed by atoms with van der Waals surface area (Å²) in [5.74, 6) is -1.33. The van der Waals surface area contributed by atoms with E-state index in [0.717, 1.165) is 0 Å². The average Bonchev–Trinajstić information content (AvgIpc) is 2.70. The zero-order valence-corrected chi connectivity index (χ0v) is 11.5. The molecule has 0 saturated carbocycles. The highest BCUT2D eigenvalue weighted by molar-refractivity contribution is 8.01. The van der Waals surface area contributed by atoms with E-state index in [2.05, 4.69) is 4.98 Å². The molecular weight excluding hydrogens is 317 g/mol. The second-order valence-electron chi connectivity index (χ2n) is 3.82. The molecule has 0 saturated heterocycles. The maximum atomic E-state index is 12.0. The van der Waals surface area contributed by atoms with Gasteiger partial charge in [0, 0.05) is 17.5 Å². The molecule has 20 heavy (non-hydrogen) atoms. The zero-order chi connectivity index (χ0) is 15.0. The van der Waals surface area contributed by atoms with Gasteiger partial charge in [0.25, 0.3) is 0 Å². The minimum Gasteiger partial charge on any atom is -0.428 e. The number of fused-ring (bicyclic) bond motifs is 1. The van der Waals surface area contributed by atoms with E-state index < -0.39 is 43.8 Å². The normalized spacial score (nSPS) is 12.9. The number of aromatic nitrogens is 1. The number of halogens is 3. The van der Waals surface area contributed by atoms with Crippen molar-refractivity contribution in [1.82, 2.24) is 4.98 Å². The predicted octanol–water partition coefficient (Wildman–Crippen LogP) is 2.44. The number of rotatable bonds is 4. The van der Waals surface area contributed by atoms with Crippen LogP contribution < -0.4 is 5.73 Å². The van der Waals surface area contributed by atoms with E-state index in [1.165, 1.54) is 18.2 Å². The fourth-order valence-electron chi connectivity index (χ4n) is 1.41. The second kappa shape index (κ2) is 5.17. The summed E-state index contributed by atoms with van der Waals surface area (Å²) in [6.45, 7) is 0. The number of benzene rings is 1. The lowest BCUT2D eigenvalue weighted by molar-refractivity contribution is -0.0326. The number of sulfone groups is 1. The number of nitrogens with two attached hydrogens (primary N) is 1. The van der Waals surface area contributed by atoms with Crippen LogP contribution in [0.3, 0.4) is 0 Å². The van der Waals surface area contributed by atoms with Crippen molar-refractivity contribution in [3.05, 3.63) is 18.2 Å². The third kappa shape index (κ3) is 3.57. The molecule has 2 rings (SSSR count). The number of nitrogen functional groups attached to an aromatic ring is 1. The highest BCUT2D eigenvalue weighted by atomic mass is 32.2. The quantitative estimate of drug-likeness (QED) is 0.869. The van der Waals surface area contributed by atoms with E-state index in [1.807, 2.05) is 0 Å². The van der Waals surface area contributed by atoms with Gasteiger partial charge in [-0.15, -0.1) is 0 Å². The van der Waals surface area contributed by atoms with Gasteiger partial charge < -0.3 is 10.2 Å². The fraction of sp³-hybridized carbons (Fsp3) is 0.300. The largest absolute Gasteiger partial charge is 0.441 e. The topological polar surface area (TPSA) is 86.2 Å². The van der Waals surface area contributed by atoms with Gasteiger partial charge in [-0.25, -0.2) is 8.42 Å². The van der Waals surface area contributed by atoms with Crippen LogP contribution in [0.25, 0.3) is 11.1 Å². The lowest BCUT2D eigenvalue weighted by Gasteiger charge is -2.04. The van der Waals surface area contributed by atoms with Gasteiger partial charge in [0.1, 0.15) is 5.52 Å². The highest BCUT2D eigenvalue weighted by Crippen LogP contribution is 2.30. The zero-order valence-electron chi connectivity index (χ0n) is 9.85. The van der Waals surface area contributed by atoms with E-state index in [9.17, 15) is 21.6 Å². The van der Waals surface area contributed by atoms with Crippen molar-refractivity contribution in [1.29, 1.82) is 0 Å². The lowest BCUT2D eigenvalue weighted by atomic mass is 10.3. The lowest BCUT2D eigenvalue weighted by Crippen LogP contribution is -2.12. The van der Waals surface area contributed by atoms with Gasteiger partial charge in [-0.1, -0.05) is 0 Å². The van der Waals surface area contributed by atoms with Gasteiger partial charge in [-0.05, 0) is 23.9 Å². The van der Waals surface area contributed by atoms with Crippen LogP contribution in [0.15, 0.2) is 27.8 Å². The van der Waals surface area contributed by atoms with Crippen molar-refractivity contribution in [2.24, 2.45) is 0 Å². The van der Waals surface area contributed by atoms with E-state index in [4.69, 9.17) is 10.2 Å². The first-order valence-corrected chi connectivity index (χ1v) is 7.91. The molecule has 2 N–H and O–H groups in total. The van der Waals surface area contributed by atoms with Gasteiger partial charge in [0.2, 0.25) is 9.84 Å². The molecule has 0 fully saturated rings. The van der Waals surface area contributed by atoms with E-state index in [0.29, 0.717) is 5.69 Å². The average molecular weight is 326 g/mol. The standard InChI is InChI=1S/C10H9F3N2O3S2/c11-10(12,13)19-3-4-20(16,17)9-15-7-2-1-6(14)5-8(7)18-9/h1-2,5H,3-4,14H2. The number of alkyl halides is 3. The summed E-state index contributed by atoms with van der Waals surface area (Å²) in [5.41, 5.74) is 1.86. The van der Waals surface area contributed by atoms with Crippen molar-refractivity contribution in [2.75, 3.05) is 17.2 Å². The Morgan fingerprint density at radius 3 is 2.70 bits per heavy atom. The minimum atomic E-state index is -4.47. The first kappa shape index (κ1) is 15.0. The Morgan fingerprint density at radius 1 is 1.35 bits per heavy atom. The monoisotopic (exact) mass is 326 g/mol. The molecule has 0 aliphatic heterocycles. The molecule has 110 valence electrons. The Kier molecular flexibility index (Phi) is 3.87. The van der Waals surface area contributed by atoms with Crippen LogP contribution in [0.5, 0.6) is 0 Å². The Morgan fingerprint density at radius 2 is 2.05 bits per heavy atom. The van der Waals surface area contributed by atoms with Crippen molar-refractivity contribution < 1.29 is 26.0 Å². The summed E-state index contributed by atoms with van der Waals surface area (Å²) in [4.78, 5) is 3.74. The van der Waals surface area contributed by atoms with Gasteiger partial charge in [0.15, 0.2) is 5.58 Å². The van der Waals surface area contributed by atoms with Gasteiger partial charge in [0.05, 0.1) is 5.75 Å². The number of hydrogen-bond acceptors (Lipinski definition) is 6. The van der Waals surface area contributed by atoms with Crippen LogP contribution >= 0.6 is 11.8 Å². The third-order valence-corrected chi connectivity index (χ3v) is 4.72. The maximum absolute atomic E-state index is 12.0. The number of thioether (sulfide) groups is 1. The molecule has 1 aromatic carbocycles. The number of anilines is 1. The van der Waals surface area contributed by atoms with Crippen LogP contribution in [0, 0.1) is 0 Å². The molecule has 0 bridgehead atoms. The molecule has 1 aromatic heterocycles. The van der Waals surface area contributed by atoms with Crippen molar-refractivity contribution in [3.8, 4) is 0 Å². The molecule has 0 atom stereocenters. The summed E-state index contributed by atoms with van der Waals surface area (Å²) in [7, 11) is -4.00. The van der Waals surface area contributed by atoms with Crippen LogP contribution in [-0.4, -0.2) is 30.4 Å². The van der Waals surface area contributed by atoms with Crippen LogP contribution in [0.2, 0.25) is 0 Å². The van der Waals surface area contributed by atoms with Crippen molar-refractivity contribution in [3.63, 3.8) is 0 Å². The third-order valence-electron chi connectivity index (χ3n) is 2.28. The summed E-state index contributed by atoms with van der Waals surface area (Å²) in [5, 5.41) is -0.596. The molecule has 0 amide bonds. The highest BCUT2D eigenvalue weighted by Gasteiger charge is 2.30. The molecule has 2 aromatic rings. The molecule has 0 aliphatic carbocycles. The molecule has 0 radical (unpaired) electrons. The first-order valence-electron chi connectivity index (χ1n) is 5.27. The fourth-order valence-corrected chi connectivity index (χ4v) is 3.48. The molecule has 0 spiro atoms. The number of hydrogen-bond donors (Lipinski definition) is 1. The smallest absolute Gasteiger partial charge is 0.428 e. The molecule has 10 heteroatoms. The van der Waals surface area contributed by atoms with Crippen LogP contribution in [0.4, 0.5) is 18.9 Å². The molecule has 1 heterocycles. The summed E-state index contributed by atoms with van der Waals surface area (Å²) in [6, 6.07) is 4.38. The van der Waals surface area contributed by atoms with Crippen molar-refractivity contribution in [2.45, 2.75) is 10.7 Å². The SMILES string of the molecule is Nc1ccc2nc(S(=O)(=O)CCSC(F)(F)F)oc2c1. The van der Waals surface area contributed by atoms with Crippen molar-refractivity contribution >= 4 is 38.4 Å². The minimum absolute atomic E-state index is 0.173. The maximum Gasteiger partial charge on any atom is 0.441 e. The Hall–Kier alpha value is -1.42. The van der Waals surface area contributed by atoms with E-state index in [1.54, 1.807) is 0 Å². The second-order valence-corrected chi connectivity index (χ2v) is 6.97. The first-order chi connectivity index (χ1) is 9.17. The molecule has 5 nitrogen and oxygen atoms in total. The van der Waals surface area contributed by atoms with Gasteiger partial charge in [-0.3, -0.25) is 0 Å². The van der Waals surface area contributed by atoms with E-state index in [-0.39, 0.29) is 11.1 Å². The van der Waals surface area contributed by atoms with Crippen LogP contribution in [-0.2, 0) is 9.84 Å². The van der Waals surface area contributed by atoms with Gasteiger partial charge >= 0.3 is 10.7 Å². The molecular formula is C10H9F3N2O3S2. The van der Waals surface area contributed by atoms with E-state index >= 15 is 0 Å². The molecule has 0 aliphatic rings. The number of nitrogens with zero attached hydrogens (tertiary/aromatic N) is 1. The Bertz CT molecular complexity index is 725. The summed E-state index contributed by atoms with van der Waals surface area (Å²) < 4.78 is 64.5. The Labute approximate surface area is 116 Å². The summed E-state index contributed by atoms with van der Waals surface area (Å²) >= 11 is -0.404. The predicted molar refractivity (Wildman–Crippen MR) is 69.0 cm³/mol. The molecule has 0 unspecified atom stereocenters. The number of oxazole rings is 1. The Balaban J connectivity index is 2.19.